The molecule has 0 amide bonds. The number of hydrogen-bond acceptors (Lipinski definition) is 2. The van der Waals surface area contributed by atoms with Crippen LogP contribution >= 0.6 is 23.2 Å². The van der Waals surface area contributed by atoms with Crippen LogP contribution in [0.4, 0.5) is 0 Å². The number of carboxylic acid groups (broad SMARTS) is 1. The summed E-state index contributed by atoms with van der Waals surface area (Å²) in [5, 5.41) is 9.62. The molecule has 0 aliphatic carbocycles. The zero-order valence-corrected chi connectivity index (χ0v) is 10.4. The molecule has 1 aromatic carbocycles. The number of benzene rings is 1. The summed E-state index contributed by atoms with van der Waals surface area (Å²) in [7, 11) is 0. The maximum absolute atomic E-state index is 11.7. The highest BCUT2D eigenvalue weighted by molar-refractivity contribution is 6.34. The number of carbonyl (C=O) groups is 1. The summed E-state index contributed by atoms with van der Waals surface area (Å²) in [4.78, 5) is 22.6. The SMILES string of the molecule is O=C(O)c1ccc(=O)n(-c2cc(Cl)cc(Cl)c2)c1. The van der Waals surface area contributed by atoms with Gasteiger partial charge < -0.3 is 5.11 Å². The summed E-state index contributed by atoms with van der Waals surface area (Å²) in [6.45, 7) is 0. The van der Waals surface area contributed by atoms with Gasteiger partial charge in [0.1, 0.15) is 0 Å². The molecule has 0 spiro atoms. The Morgan fingerprint density at radius 2 is 1.72 bits per heavy atom. The topological polar surface area (TPSA) is 59.3 Å². The lowest BCUT2D eigenvalue weighted by molar-refractivity contribution is 0.0696. The smallest absolute Gasteiger partial charge is 0.337 e. The minimum atomic E-state index is -1.11. The molecule has 0 saturated carbocycles. The first-order chi connectivity index (χ1) is 8.47. The van der Waals surface area contributed by atoms with Crippen LogP contribution in [0.25, 0.3) is 5.69 Å². The molecule has 0 bridgehead atoms. The molecule has 0 saturated heterocycles. The molecule has 0 unspecified atom stereocenters. The van der Waals surface area contributed by atoms with Gasteiger partial charge in [0.05, 0.1) is 11.3 Å². The van der Waals surface area contributed by atoms with Crippen molar-refractivity contribution in [2.75, 3.05) is 0 Å². The van der Waals surface area contributed by atoms with Gasteiger partial charge in [-0.15, -0.1) is 0 Å². The van der Waals surface area contributed by atoms with E-state index in [1.165, 1.54) is 41.1 Å². The third-order valence-corrected chi connectivity index (χ3v) is 2.72. The molecule has 2 rings (SSSR count). The zero-order chi connectivity index (χ0) is 13.3. The molecule has 1 N–H and O–H groups in total. The van der Waals surface area contributed by atoms with Gasteiger partial charge in [0, 0.05) is 22.3 Å². The number of aromatic nitrogens is 1. The molecule has 0 fully saturated rings. The second kappa shape index (κ2) is 4.84. The van der Waals surface area contributed by atoms with Crippen LogP contribution in [0.5, 0.6) is 0 Å². The van der Waals surface area contributed by atoms with E-state index in [1.807, 2.05) is 0 Å². The van der Waals surface area contributed by atoms with E-state index in [4.69, 9.17) is 28.3 Å². The Labute approximate surface area is 112 Å². The van der Waals surface area contributed by atoms with Gasteiger partial charge in [-0.1, -0.05) is 23.2 Å². The van der Waals surface area contributed by atoms with Gasteiger partial charge in [-0.25, -0.2) is 4.79 Å². The van der Waals surface area contributed by atoms with Crippen molar-refractivity contribution in [1.29, 1.82) is 0 Å². The number of pyridine rings is 1. The minimum Gasteiger partial charge on any atom is -0.478 e. The second-order valence-electron chi connectivity index (χ2n) is 3.56. The van der Waals surface area contributed by atoms with Crippen molar-refractivity contribution in [3.8, 4) is 5.69 Å². The summed E-state index contributed by atoms with van der Waals surface area (Å²) in [5.74, 6) is -1.11. The molecule has 18 heavy (non-hydrogen) atoms. The number of nitrogens with zero attached hydrogens (tertiary/aromatic N) is 1. The van der Waals surface area contributed by atoms with Crippen LogP contribution in [-0.4, -0.2) is 15.6 Å². The van der Waals surface area contributed by atoms with E-state index in [-0.39, 0.29) is 11.1 Å². The fourth-order valence-electron chi connectivity index (χ4n) is 1.49. The summed E-state index contributed by atoms with van der Waals surface area (Å²) in [5.41, 5.74) is 0.0598. The van der Waals surface area contributed by atoms with Crippen molar-refractivity contribution in [2.24, 2.45) is 0 Å². The Morgan fingerprint density at radius 1 is 1.11 bits per heavy atom. The van der Waals surface area contributed by atoms with Gasteiger partial charge in [0.25, 0.3) is 5.56 Å². The average molecular weight is 284 g/mol. The summed E-state index contributed by atoms with van der Waals surface area (Å²) >= 11 is 11.7. The maximum Gasteiger partial charge on any atom is 0.337 e. The summed E-state index contributed by atoms with van der Waals surface area (Å²) in [6, 6.07) is 7.01. The number of halogens is 2. The first kappa shape index (κ1) is 12.7. The van der Waals surface area contributed by atoms with Crippen LogP contribution in [0.1, 0.15) is 10.4 Å². The molecule has 0 aliphatic rings. The Morgan fingerprint density at radius 3 is 2.28 bits per heavy atom. The fourth-order valence-corrected chi connectivity index (χ4v) is 2.01. The lowest BCUT2D eigenvalue weighted by atomic mass is 10.2. The quantitative estimate of drug-likeness (QED) is 0.922. The summed E-state index contributed by atoms with van der Waals surface area (Å²) in [6.07, 6.45) is 1.23. The van der Waals surface area contributed by atoms with Crippen LogP contribution in [-0.2, 0) is 0 Å². The van der Waals surface area contributed by atoms with Gasteiger partial charge in [-0.05, 0) is 24.3 Å². The van der Waals surface area contributed by atoms with Crippen molar-refractivity contribution < 1.29 is 9.90 Å². The van der Waals surface area contributed by atoms with E-state index in [0.717, 1.165) is 0 Å². The van der Waals surface area contributed by atoms with E-state index in [9.17, 15) is 9.59 Å². The highest BCUT2D eigenvalue weighted by atomic mass is 35.5. The molecule has 4 nitrogen and oxygen atoms in total. The lowest BCUT2D eigenvalue weighted by Crippen LogP contribution is -2.18. The number of hydrogen-bond donors (Lipinski definition) is 1. The van der Waals surface area contributed by atoms with Gasteiger partial charge in [0.2, 0.25) is 0 Å². The highest BCUT2D eigenvalue weighted by Gasteiger charge is 2.07. The van der Waals surface area contributed by atoms with Crippen LogP contribution in [0.3, 0.4) is 0 Å². The van der Waals surface area contributed by atoms with E-state index < -0.39 is 5.97 Å². The third kappa shape index (κ3) is 2.55. The number of aromatic carboxylic acids is 1. The number of carboxylic acids is 1. The van der Waals surface area contributed by atoms with Gasteiger partial charge >= 0.3 is 5.97 Å². The Kier molecular flexibility index (Phi) is 3.41. The molecule has 92 valence electrons. The first-order valence-electron chi connectivity index (χ1n) is 4.90. The monoisotopic (exact) mass is 283 g/mol. The molecule has 2 aromatic rings. The Balaban J connectivity index is 2.66. The Hall–Kier alpha value is -1.78. The van der Waals surface area contributed by atoms with E-state index >= 15 is 0 Å². The van der Waals surface area contributed by atoms with Crippen LogP contribution in [0, 0.1) is 0 Å². The van der Waals surface area contributed by atoms with Crippen molar-refractivity contribution in [3.05, 3.63) is 62.5 Å². The third-order valence-electron chi connectivity index (χ3n) is 2.28. The van der Waals surface area contributed by atoms with E-state index in [2.05, 4.69) is 0 Å². The molecule has 0 aliphatic heterocycles. The first-order valence-corrected chi connectivity index (χ1v) is 5.65. The standard InChI is InChI=1S/C12H7Cl2NO3/c13-8-3-9(14)5-10(4-8)15-6-7(12(17)18)1-2-11(15)16/h1-6H,(H,17,18). The molecular formula is C12H7Cl2NO3. The number of rotatable bonds is 2. The maximum atomic E-state index is 11.7. The van der Waals surface area contributed by atoms with Gasteiger partial charge in [-0.2, -0.15) is 0 Å². The predicted octanol–water partition coefficient (Wildman–Crippen LogP) is 2.84. The summed E-state index contributed by atoms with van der Waals surface area (Å²) < 4.78 is 1.18. The minimum absolute atomic E-state index is 0.00528. The average Bonchev–Trinajstić information content (AvgIpc) is 2.27. The molecule has 1 heterocycles. The molecule has 1 aromatic heterocycles. The normalized spacial score (nSPS) is 10.3. The van der Waals surface area contributed by atoms with E-state index in [0.29, 0.717) is 15.7 Å². The Bertz CT molecular complexity index is 659. The molecule has 0 radical (unpaired) electrons. The second-order valence-corrected chi connectivity index (χ2v) is 4.43. The lowest BCUT2D eigenvalue weighted by Gasteiger charge is -2.07. The van der Waals surface area contributed by atoms with Crippen molar-refractivity contribution in [1.82, 2.24) is 4.57 Å². The highest BCUT2D eigenvalue weighted by Crippen LogP contribution is 2.21. The fraction of sp³-hybridized carbons (Fsp3) is 0. The van der Waals surface area contributed by atoms with Crippen LogP contribution in [0.2, 0.25) is 10.0 Å². The van der Waals surface area contributed by atoms with Crippen LogP contribution < -0.4 is 5.56 Å². The van der Waals surface area contributed by atoms with E-state index in [1.54, 1.807) is 0 Å². The van der Waals surface area contributed by atoms with Crippen molar-refractivity contribution >= 4 is 29.2 Å². The predicted molar refractivity (Wildman–Crippen MR) is 69.0 cm³/mol. The zero-order valence-electron chi connectivity index (χ0n) is 8.93. The molecular weight excluding hydrogens is 277 g/mol. The van der Waals surface area contributed by atoms with Gasteiger partial charge in [-0.3, -0.25) is 9.36 Å². The largest absolute Gasteiger partial charge is 0.478 e. The van der Waals surface area contributed by atoms with Crippen LogP contribution in [0.15, 0.2) is 41.3 Å². The molecule has 0 atom stereocenters. The van der Waals surface area contributed by atoms with Crippen molar-refractivity contribution in [3.63, 3.8) is 0 Å². The molecule has 6 heteroatoms. The van der Waals surface area contributed by atoms with Crippen molar-refractivity contribution in [2.45, 2.75) is 0 Å². The van der Waals surface area contributed by atoms with Gasteiger partial charge in [0.15, 0.2) is 0 Å².